The van der Waals surface area contributed by atoms with Crippen molar-refractivity contribution in [3.05, 3.63) is 76.1 Å². The summed E-state index contributed by atoms with van der Waals surface area (Å²) in [5.41, 5.74) is 5.11. The molecule has 1 amide bonds. The van der Waals surface area contributed by atoms with Gasteiger partial charge in [-0.25, -0.2) is 9.38 Å². The van der Waals surface area contributed by atoms with Gasteiger partial charge in [0.05, 0.1) is 19.1 Å². The summed E-state index contributed by atoms with van der Waals surface area (Å²) in [7, 11) is 3.39. The van der Waals surface area contributed by atoms with Gasteiger partial charge in [-0.2, -0.15) is 0 Å². The zero-order valence-electron chi connectivity index (χ0n) is 22.1. The molecule has 1 saturated heterocycles. The number of methoxy groups -OCH3 is 1. The molecule has 8 heteroatoms. The summed E-state index contributed by atoms with van der Waals surface area (Å²) >= 11 is 6.42. The lowest BCUT2D eigenvalue weighted by molar-refractivity contribution is -0.131. The molecule has 0 aliphatic carbocycles. The van der Waals surface area contributed by atoms with Crippen molar-refractivity contribution in [2.45, 2.75) is 38.8 Å². The number of amides is 1. The third-order valence-corrected chi connectivity index (χ3v) is 7.54. The summed E-state index contributed by atoms with van der Waals surface area (Å²) in [5, 5.41) is 4.05. The standard InChI is InChI=1S/C30H32ClFN4O2/c1-18-10-20(31)13-22(11-18)36-17-34-28-12-19(2)24(25-14-23(38-4)7-8-27(25)32)15-26(28)29(36)30(37)35(3)16-21-6-5-9-33-21/h7-8,10-15,17,21,29,33H,5-6,9,16H2,1-4H3/t21-,29?/m0/s1. The Balaban J connectivity index is 1.63. The second-order valence-electron chi connectivity index (χ2n) is 10.1. The molecule has 6 nitrogen and oxygen atoms in total. The zero-order valence-corrected chi connectivity index (χ0v) is 22.8. The van der Waals surface area contributed by atoms with Gasteiger partial charge in [0.25, 0.3) is 0 Å². The van der Waals surface area contributed by atoms with Crippen LogP contribution in [-0.4, -0.2) is 50.4 Å². The number of carbonyl (C=O) groups is 1. The van der Waals surface area contributed by atoms with Crippen LogP contribution >= 0.6 is 11.6 Å². The van der Waals surface area contributed by atoms with E-state index in [0.717, 1.165) is 36.2 Å². The van der Waals surface area contributed by atoms with Gasteiger partial charge in [0.15, 0.2) is 0 Å². The monoisotopic (exact) mass is 534 g/mol. The molecule has 2 heterocycles. The normalized spacial score (nSPS) is 18.4. The molecule has 3 aromatic carbocycles. The second-order valence-corrected chi connectivity index (χ2v) is 10.6. The Morgan fingerprint density at radius 1 is 1.18 bits per heavy atom. The van der Waals surface area contributed by atoms with Crippen LogP contribution in [0.1, 0.15) is 35.6 Å². The van der Waals surface area contributed by atoms with Crippen LogP contribution in [0.5, 0.6) is 5.75 Å². The molecule has 1 fully saturated rings. The fourth-order valence-electron chi connectivity index (χ4n) is 5.38. The summed E-state index contributed by atoms with van der Waals surface area (Å²) in [5.74, 6) is 0.136. The molecule has 0 radical (unpaired) electrons. The van der Waals surface area contributed by atoms with E-state index in [2.05, 4.69) is 5.32 Å². The first-order valence-corrected chi connectivity index (χ1v) is 13.2. The van der Waals surface area contributed by atoms with Crippen LogP contribution in [0.15, 0.2) is 53.5 Å². The molecule has 2 aliphatic heterocycles. The lowest BCUT2D eigenvalue weighted by atomic mass is 9.91. The quantitative estimate of drug-likeness (QED) is 0.409. The van der Waals surface area contributed by atoms with Crippen LogP contribution in [-0.2, 0) is 4.79 Å². The number of rotatable bonds is 6. The Morgan fingerprint density at radius 2 is 2.00 bits per heavy atom. The van der Waals surface area contributed by atoms with Gasteiger partial charge in [0.2, 0.25) is 5.91 Å². The maximum Gasteiger partial charge on any atom is 0.250 e. The smallest absolute Gasteiger partial charge is 0.250 e. The minimum absolute atomic E-state index is 0.0651. The molecule has 5 rings (SSSR count). The summed E-state index contributed by atoms with van der Waals surface area (Å²) in [6, 6.07) is 13.8. The van der Waals surface area contributed by atoms with Crippen molar-refractivity contribution in [2.75, 3.05) is 32.1 Å². The number of nitrogens with zero attached hydrogens (tertiary/aromatic N) is 3. The van der Waals surface area contributed by atoms with Crippen LogP contribution in [0.2, 0.25) is 5.02 Å². The Labute approximate surface area is 228 Å². The van der Waals surface area contributed by atoms with Crippen molar-refractivity contribution in [3.8, 4) is 16.9 Å². The highest BCUT2D eigenvalue weighted by Crippen LogP contribution is 2.42. The van der Waals surface area contributed by atoms with Crippen LogP contribution < -0.4 is 15.0 Å². The third kappa shape index (κ3) is 5.13. The van der Waals surface area contributed by atoms with E-state index in [4.69, 9.17) is 21.3 Å². The van der Waals surface area contributed by atoms with Crippen LogP contribution in [0.3, 0.4) is 0 Å². The van der Waals surface area contributed by atoms with E-state index < -0.39 is 6.04 Å². The predicted octanol–water partition coefficient (Wildman–Crippen LogP) is 6.20. The number of nitrogens with one attached hydrogen (secondary N) is 1. The van der Waals surface area contributed by atoms with Crippen molar-refractivity contribution in [3.63, 3.8) is 0 Å². The van der Waals surface area contributed by atoms with E-state index in [-0.39, 0.29) is 17.8 Å². The fourth-order valence-corrected chi connectivity index (χ4v) is 5.67. The van der Waals surface area contributed by atoms with Gasteiger partial charge in [0.1, 0.15) is 17.6 Å². The number of anilines is 1. The predicted molar refractivity (Wildman–Crippen MR) is 151 cm³/mol. The second kappa shape index (κ2) is 10.8. The number of likely N-dealkylation sites (N-methyl/N-ethyl adjacent to an activating group) is 1. The third-order valence-electron chi connectivity index (χ3n) is 7.32. The molecular weight excluding hydrogens is 503 g/mol. The number of hydrogen-bond donors (Lipinski definition) is 1. The maximum atomic E-state index is 15.1. The number of aliphatic imine (C=N–C) groups is 1. The molecule has 2 atom stereocenters. The van der Waals surface area contributed by atoms with Gasteiger partial charge in [-0.1, -0.05) is 11.6 Å². The average Bonchev–Trinajstić information content (AvgIpc) is 3.40. The molecule has 2 aliphatic rings. The number of ether oxygens (including phenoxy) is 1. The van der Waals surface area contributed by atoms with Gasteiger partial charge < -0.3 is 19.9 Å². The SMILES string of the molecule is COc1ccc(F)c(-c2cc3c(cc2C)N=CN(c2cc(C)cc(Cl)c2)C3C(=O)N(C)C[C@@H]2CCCN2)c1. The zero-order chi connectivity index (χ0) is 27.0. The van der Waals surface area contributed by atoms with Crippen LogP contribution in [0.25, 0.3) is 11.1 Å². The molecule has 0 spiro atoms. The van der Waals surface area contributed by atoms with Crippen molar-refractivity contribution < 1.29 is 13.9 Å². The topological polar surface area (TPSA) is 57.2 Å². The van der Waals surface area contributed by atoms with Crippen LogP contribution in [0.4, 0.5) is 15.8 Å². The van der Waals surface area contributed by atoms with Crippen molar-refractivity contribution in [1.82, 2.24) is 10.2 Å². The van der Waals surface area contributed by atoms with Gasteiger partial charge in [-0.3, -0.25) is 4.79 Å². The molecule has 3 aromatic rings. The van der Waals surface area contributed by atoms with Crippen molar-refractivity contribution in [1.29, 1.82) is 0 Å². The Hall–Kier alpha value is -3.42. The molecule has 0 saturated carbocycles. The van der Waals surface area contributed by atoms with Crippen molar-refractivity contribution >= 4 is 35.2 Å². The molecule has 0 aromatic heterocycles. The minimum Gasteiger partial charge on any atom is -0.497 e. The van der Waals surface area contributed by atoms with Gasteiger partial charge in [-0.15, -0.1) is 0 Å². The lowest BCUT2D eigenvalue weighted by Crippen LogP contribution is -2.46. The molecule has 38 heavy (non-hydrogen) atoms. The molecule has 198 valence electrons. The summed E-state index contributed by atoms with van der Waals surface area (Å²) in [6.07, 6.45) is 3.84. The number of halogens is 2. The molecule has 1 N–H and O–H groups in total. The first-order chi connectivity index (χ1) is 18.2. The van der Waals surface area contributed by atoms with E-state index in [0.29, 0.717) is 39.7 Å². The van der Waals surface area contributed by atoms with E-state index in [9.17, 15) is 4.79 Å². The van der Waals surface area contributed by atoms with E-state index >= 15 is 4.39 Å². The number of carbonyl (C=O) groups excluding carboxylic acids is 1. The summed E-state index contributed by atoms with van der Waals surface area (Å²) < 4.78 is 20.4. The van der Waals surface area contributed by atoms with Gasteiger partial charge >= 0.3 is 0 Å². The lowest BCUT2D eigenvalue weighted by Gasteiger charge is -2.36. The summed E-state index contributed by atoms with van der Waals surface area (Å²) in [6.45, 7) is 5.46. The Kier molecular flexibility index (Phi) is 7.41. The first kappa shape index (κ1) is 26.2. The van der Waals surface area contributed by atoms with E-state index in [1.54, 1.807) is 30.5 Å². The molecular formula is C30H32ClFN4O2. The number of hydrogen-bond acceptors (Lipinski definition) is 5. The minimum atomic E-state index is -0.695. The maximum absolute atomic E-state index is 15.1. The highest BCUT2D eigenvalue weighted by atomic mass is 35.5. The largest absolute Gasteiger partial charge is 0.497 e. The molecule has 0 bridgehead atoms. The van der Waals surface area contributed by atoms with E-state index in [1.165, 1.54) is 6.07 Å². The Bertz CT molecular complexity index is 1380. The highest BCUT2D eigenvalue weighted by molar-refractivity contribution is 6.31. The number of benzene rings is 3. The van der Waals surface area contributed by atoms with E-state index in [1.807, 2.05) is 56.1 Å². The molecule has 1 unspecified atom stereocenters. The van der Waals surface area contributed by atoms with Gasteiger partial charge in [0, 0.05) is 41.5 Å². The fraction of sp³-hybridized carbons (Fsp3) is 0.333. The van der Waals surface area contributed by atoms with Gasteiger partial charge in [-0.05, 0) is 98.5 Å². The number of fused-ring (bicyclic) bond motifs is 1. The van der Waals surface area contributed by atoms with Crippen molar-refractivity contribution in [2.24, 2.45) is 4.99 Å². The first-order valence-electron chi connectivity index (χ1n) is 12.8. The highest BCUT2D eigenvalue weighted by Gasteiger charge is 2.36. The average molecular weight is 535 g/mol. The number of aryl methyl sites for hydroxylation is 2. The summed E-state index contributed by atoms with van der Waals surface area (Å²) in [4.78, 5) is 22.5. The van der Waals surface area contributed by atoms with Crippen LogP contribution in [0, 0.1) is 19.7 Å². The Morgan fingerprint density at radius 3 is 2.71 bits per heavy atom.